The van der Waals surface area contributed by atoms with Crippen LogP contribution in [0.2, 0.25) is 0 Å². The molecule has 1 aromatic heterocycles. The van der Waals surface area contributed by atoms with Crippen molar-refractivity contribution in [3.05, 3.63) is 81.1 Å². The number of nitrogens with zero attached hydrogens (tertiary/aromatic N) is 2. The van der Waals surface area contributed by atoms with E-state index in [-0.39, 0.29) is 30.3 Å². The lowest BCUT2D eigenvalue weighted by Crippen LogP contribution is -2.39. The first-order chi connectivity index (χ1) is 16.5. The average molecular weight is 484 g/mol. The summed E-state index contributed by atoms with van der Waals surface area (Å²) in [4.78, 5) is 30.6. The zero-order chi connectivity index (χ0) is 24.1. The van der Waals surface area contributed by atoms with Crippen LogP contribution in [0.5, 0.6) is 5.75 Å². The number of ether oxygens (including phenoxy) is 2. The van der Waals surface area contributed by atoms with Gasteiger partial charge in [-0.25, -0.2) is 9.37 Å². The van der Waals surface area contributed by atoms with Crippen LogP contribution < -0.4 is 10.1 Å². The molecule has 9 heteroatoms. The van der Waals surface area contributed by atoms with Crippen molar-refractivity contribution >= 4 is 23.2 Å². The number of methoxy groups -OCH3 is 1. The molecule has 178 valence electrons. The molecule has 2 aromatic carbocycles. The van der Waals surface area contributed by atoms with Gasteiger partial charge in [0.05, 0.1) is 12.6 Å². The van der Waals surface area contributed by atoms with E-state index in [4.69, 9.17) is 9.47 Å². The third-order valence-electron chi connectivity index (χ3n) is 5.67. The predicted octanol–water partition coefficient (Wildman–Crippen LogP) is 3.73. The second-order valence-electron chi connectivity index (χ2n) is 7.94. The van der Waals surface area contributed by atoms with Crippen molar-refractivity contribution in [3.63, 3.8) is 0 Å². The van der Waals surface area contributed by atoms with Gasteiger partial charge in [-0.1, -0.05) is 18.2 Å². The van der Waals surface area contributed by atoms with Gasteiger partial charge in [0.25, 0.3) is 5.91 Å². The van der Waals surface area contributed by atoms with Gasteiger partial charge in [0, 0.05) is 32.5 Å². The SMILES string of the molecule is COCCNC(=O)c1csc(COc2ccc3c(c2)[C@H](c2ccc(F)cc2)N(C(C)=O)CC3)n1. The molecule has 2 amide bonds. The van der Waals surface area contributed by atoms with E-state index in [1.807, 2.05) is 18.2 Å². The summed E-state index contributed by atoms with van der Waals surface area (Å²) in [5.41, 5.74) is 3.28. The standard InChI is InChI=1S/C25H26FN3O4S/c1-16(30)29-11-9-17-5-8-20(13-21(17)24(29)18-3-6-19(26)7-4-18)33-14-23-28-22(15-34-23)25(31)27-10-12-32-2/h3-8,13,15,24H,9-12,14H2,1-2H3,(H,27,31)/t24-/m0/s1. The quantitative estimate of drug-likeness (QED) is 0.494. The molecule has 34 heavy (non-hydrogen) atoms. The lowest BCUT2D eigenvalue weighted by Gasteiger charge is -2.37. The molecule has 0 spiro atoms. The van der Waals surface area contributed by atoms with Crippen molar-refractivity contribution in [2.24, 2.45) is 0 Å². The van der Waals surface area contributed by atoms with Crippen LogP contribution in [-0.4, -0.2) is 48.5 Å². The summed E-state index contributed by atoms with van der Waals surface area (Å²) in [6.07, 6.45) is 0.737. The van der Waals surface area contributed by atoms with E-state index in [2.05, 4.69) is 10.3 Å². The number of halogens is 1. The number of thiazole rings is 1. The Bertz CT molecular complexity index is 1170. The summed E-state index contributed by atoms with van der Waals surface area (Å²) in [6, 6.07) is 11.8. The van der Waals surface area contributed by atoms with Gasteiger partial charge >= 0.3 is 0 Å². The number of fused-ring (bicyclic) bond motifs is 1. The molecule has 2 heterocycles. The Morgan fingerprint density at radius 1 is 1.24 bits per heavy atom. The van der Waals surface area contributed by atoms with Crippen molar-refractivity contribution in [2.45, 2.75) is 26.0 Å². The lowest BCUT2D eigenvalue weighted by atomic mass is 9.88. The Morgan fingerprint density at radius 3 is 2.76 bits per heavy atom. The Kier molecular flexibility index (Phi) is 7.54. The Morgan fingerprint density at radius 2 is 2.03 bits per heavy atom. The number of carbonyl (C=O) groups is 2. The smallest absolute Gasteiger partial charge is 0.270 e. The summed E-state index contributed by atoms with van der Waals surface area (Å²) < 4.78 is 24.4. The van der Waals surface area contributed by atoms with E-state index >= 15 is 0 Å². The highest BCUT2D eigenvalue weighted by molar-refractivity contribution is 7.09. The molecule has 1 aliphatic rings. The molecule has 0 bridgehead atoms. The van der Waals surface area contributed by atoms with Crippen LogP contribution >= 0.6 is 11.3 Å². The number of hydrogen-bond acceptors (Lipinski definition) is 6. The molecular weight excluding hydrogens is 457 g/mol. The van der Waals surface area contributed by atoms with Gasteiger partial charge in [0.1, 0.15) is 28.9 Å². The van der Waals surface area contributed by atoms with Gasteiger partial charge in [-0.2, -0.15) is 0 Å². The molecule has 0 aliphatic carbocycles. The van der Waals surface area contributed by atoms with Crippen molar-refractivity contribution in [1.82, 2.24) is 15.2 Å². The maximum absolute atomic E-state index is 13.5. The Hall–Kier alpha value is -3.30. The number of carbonyl (C=O) groups excluding carboxylic acids is 2. The number of rotatable bonds is 8. The number of amides is 2. The predicted molar refractivity (Wildman–Crippen MR) is 126 cm³/mol. The van der Waals surface area contributed by atoms with Gasteiger partial charge in [-0.15, -0.1) is 11.3 Å². The summed E-state index contributed by atoms with van der Waals surface area (Å²) in [5, 5.41) is 5.12. The summed E-state index contributed by atoms with van der Waals surface area (Å²) >= 11 is 1.35. The van der Waals surface area contributed by atoms with Crippen molar-refractivity contribution in [3.8, 4) is 5.75 Å². The molecule has 1 aliphatic heterocycles. The maximum atomic E-state index is 13.5. The molecule has 0 saturated heterocycles. The molecule has 7 nitrogen and oxygen atoms in total. The molecule has 0 fully saturated rings. The Labute approximate surface area is 201 Å². The van der Waals surface area contributed by atoms with Crippen molar-refractivity contribution in [2.75, 3.05) is 26.8 Å². The fourth-order valence-electron chi connectivity index (χ4n) is 4.01. The van der Waals surface area contributed by atoms with Gasteiger partial charge < -0.3 is 19.7 Å². The summed E-state index contributed by atoms with van der Waals surface area (Å²) in [6.45, 7) is 3.21. The van der Waals surface area contributed by atoms with Crippen LogP contribution in [0.15, 0.2) is 47.8 Å². The van der Waals surface area contributed by atoms with Crippen LogP contribution in [0.1, 0.15) is 45.2 Å². The third-order valence-corrected chi connectivity index (χ3v) is 6.50. The second kappa shape index (κ2) is 10.8. The van der Waals surface area contributed by atoms with Gasteiger partial charge in [-0.05, 0) is 47.4 Å². The highest BCUT2D eigenvalue weighted by Gasteiger charge is 2.31. The van der Waals surface area contributed by atoms with Gasteiger partial charge in [-0.3, -0.25) is 9.59 Å². The number of benzene rings is 2. The minimum Gasteiger partial charge on any atom is -0.486 e. The molecule has 1 atom stereocenters. The van der Waals surface area contributed by atoms with Crippen LogP contribution in [0.4, 0.5) is 4.39 Å². The third kappa shape index (κ3) is 5.43. The largest absolute Gasteiger partial charge is 0.486 e. The van der Waals surface area contributed by atoms with E-state index in [1.165, 1.54) is 23.5 Å². The number of aromatic nitrogens is 1. The van der Waals surface area contributed by atoms with Crippen molar-refractivity contribution in [1.29, 1.82) is 0 Å². The van der Waals surface area contributed by atoms with E-state index in [0.717, 1.165) is 23.1 Å². The summed E-state index contributed by atoms with van der Waals surface area (Å²) in [7, 11) is 1.57. The normalized spacial score (nSPS) is 15.0. The average Bonchev–Trinajstić information content (AvgIpc) is 3.32. The van der Waals surface area contributed by atoms with Crippen LogP contribution in [0.3, 0.4) is 0 Å². The fraction of sp³-hybridized carbons (Fsp3) is 0.320. The highest BCUT2D eigenvalue weighted by atomic mass is 32.1. The van der Waals surface area contributed by atoms with Crippen LogP contribution in [0.25, 0.3) is 0 Å². The first-order valence-electron chi connectivity index (χ1n) is 11.0. The van der Waals surface area contributed by atoms with E-state index < -0.39 is 0 Å². The van der Waals surface area contributed by atoms with Crippen LogP contribution in [0, 0.1) is 5.82 Å². The Balaban J connectivity index is 1.51. The zero-order valence-corrected chi connectivity index (χ0v) is 19.9. The fourth-order valence-corrected chi connectivity index (χ4v) is 4.70. The van der Waals surface area contributed by atoms with E-state index in [0.29, 0.717) is 36.1 Å². The molecular formula is C25H26FN3O4S. The molecule has 4 rings (SSSR count). The molecule has 0 saturated carbocycles. The first kappa shape index (κ1) is 23.8. The van der Waals surface area contributed by atoms with Crippen LogP contribution in [-0.2, 0) is 22.6 Å². The molecule has 3 aromatic rings. The maximum Gasteiger partial charge on any atom is 0.270 e. The minimum atomic E-state index is -0.318. The number of hydrogen-bond donors (Lipinski definition) is 1. The topological polar surface area (TPSA) is 80.8 Å². The molecule has 0 radical (unpaired) electrons. The van der Waals surface area contributed by atoms with Crippen molar-refractivity contribution < 1.29 is 23.5 Å². The van der Waals surface area contributed by atoms with E-state index in [1.54, 1.807) is 36.4 Å². The second-order valence-corrected chi connectivity index (χ2v) is 8.88. The molecule has 1 N–H and O–H groups in total. The first-order valence-corrected chi connectivity index (χ1v) is 11.8. The zero-order valence-electron chi connectivity index (χ0n) is 19.0. The summed E-state index contributed by atoms with van der Waals surface area (Å²) in [5.74, 6) is 0.0316. The van der Waals surface area contributed by atoms with Gasteiger partial charge in [0.15, 0.2) is 0 Å². The highest BCUT2D eigenvalue weighted by Crippen LogP contribution is 2.37. The monoisotopic (exact) mass is 483 g/mol. The van der Waals surface area contributed by atoms with Gasteiger partial charge in [0.2, 0.25) is 5.91 Å². The molecule has 0 unspecified atom stereocenters. The number of nitrogens with one attached hydrogen (secondary N) is 1. The van der Waals surface area contributed by atoms with E-state index in [9.17, 15) is 14.0 Å². The lowest BCUT2D eigenvalue weighted by molar-refractivity contribution is -0.130. The minimum absolute atomic E-state index is 0.0367.